The number of hydrogen-bond donors (Lipinski definition) is 1. The molecule has 0 radical (unpaired) electrons. The minimum Gasteiger partial charge on any atom is -0.371 e. The Balaban J connectivity index is 2.06. The van der Waals surface area contributed by atoms with Crippen LogP contribution in [-0.4, -0.2) is 19.6 Å². The van der Waals surface area contributed by atoms with Crippen molar-refractivity contribution in [3.05, 3.63) is 29.8 Å². The van der Waals surface area contributed by atoms with Crippen LogP contribution >= 0.6 is 0 Å². The molecule has 21 heavy (non-hydrogen) atoms. The lowest BCUT2D eigenvalue weighted by molar-refractivity contribution is 0.311. The van der Waals surface area contributed by atoms with Crippen molar-refractivity contribution in [1.82, 2.24) is 5.32 Å². The van der Waals surface area contributed by atoms with Crippen LogP contribution in [-0.2, 0) is 0 Å². The van der Waals surface area contributed by atoms with Crippen LogP contribution in [0.5, 0.6) is 0 Å². The Morgan fingerprint density at radius 3 is 2.43 bits per heavy atom. The van der Waals surface area contributed by atoms with Crippen LogP contribution in [0.15, 0.2) is 24.3 Å². The maximum absolute atomic E-state index is 3.63. The van der Waals surface area contributed by atoms with Crippen molar-refractivity contribution >= 4 is 5.69 Å². The SMILES string of the molecule is CCCNC(C)c1ccccc1N1CCC(C(C)C)CC1. The molecule has 1 N–H and O–H groups in total. The van der Waals surface area contributed by atoms with Crippen molar-refractivity contribution in [3.63, 3.8) is 0 Å². The molecule has 1 unspecified atom stereocenters. The van der Waals surface area contributed by atoms with Crippen molar-refractivity contribution < 1.29 is 0 Å². The summed E-state index contributed by atoms with van der Waals surface area (Å²) >= 11 is 0. The van der Waals surface area contributed by atoms with E-state index in [1.807, 2.05) is 0 Å². The van der Waals surface area contributed by atoms with Crippen molar-refractivity contribution in [1.29, 1.82) is 0 Å². The summed E-state index contributed by atoms with van der Waals surface area (Å²) in [4.78, 5) is 2.60. The number of nitrogens with one attached hydrogen (secondary N) is 1. The molecule has 1 heterocycles. The van der Waals surface area contributed by atoms with Crippen LogP contribution in [0.25, 0.3) is 0 Å². The molecule has 118 valence electrons. The van der Waals surface area contributed by atoms with E-state index in [9.17, 15) is 0 Å². The van der Waals surface area contributed by atoms with E-state index in [1.165, 1.54) is 43.6 Å². The van der Waals surface area contributed by atoms with Gasteiger partial charge in [0.15, 0.2) is 0 Å². The monoisotopic (exact) mass is 288 g/mol. The molecule has 2 heteroatoms. The normalized spacial score (nSPS) is 18.2. The summed E-state index contributed by atoms with van der Waals surface area (Å²) in [7, 11) is 0. The van der Waals surface area contributed by atoms with Crippen LogP contribution in [0.1, 0.15) is 58.6 Å². The fraction of sp³-hybridized carbons (Fsp3) is 0.684. The predicted octanol–water partition coefficient (Wildman–Crippen LogP) is 4.62. The van der Waals surface area contributed by atoms with Gasteiger partial charge in [0.05, 0.1) is 0 Å². The first-order valence-corrected chi connectivity index (χ1v) is 8.70. The summed E-state index contributed by atoms with van der Waals surface area (Å²) in [6.45, 7) is 12.7. The second kappa shape index (κ2) is 7.84. The average molecular weight is 288 g/mol. The maximum Gasteiger partial charge on any atom is 0.0414 e. The van der Waals surface area contributed by atoms with Crippen molar-refractivity contribution in [2.75, 3.05) is 24.5 Å². The third kappa shape index (κ3) is 4.23. The van der Waals surface area contributed by atoms with Gasteiger partial charge in [-0.15, -0.1) is 0 Å². The van der Waals surface area contributed by atoms with Gasteiger partial charge in [-0.25, -0.2) is 0 Å². The first-order valence-electron chi connectivity index (χ1n) is 8.70. The van der Waals surface area contributed by atoms with E-state index in [0.717, 1.165) is 18.4 Å². The van der Waals surface area contributed by atoms with Gasteiger partial charge >= 0.3 is 0 Å². The molecule has 1 aliphatic rings. The molecular formula is C19H32N2. The maximum atomic E-state index is 3.63. The van der Waals surface area contributed by atoms with E-state index in [0.29, 0.717) is 6.04 Å². The Hall–Kier alpha value is -1.02. The fourth-order valence-electron chi connectivity index (χ4n) is 3.42. The molecule has 1 aromatic rings. The first kappa shape index (κ1) is 16.4. The van der Waals surface area contributed by atoms with Crippen LogP contribution in [0, 0.1) is 11.8 Å². The zero-order valence-electron chi connectivity index (χ0n) is 14.2. The van der Waals surface area contributed by atoms with Gasteiger partial charge in [0.1, 0.15) is 0 Å². The molecule has 0 aliphatic carbocycles. The summed E-state index contributed by atoms with van der Waals surface area (Å²) in [5.41, 5.74) is 2.89. The molecule has 1 aliphatic heterocycles. The van der Waals surface area contributed by atoms with Crippen LogP contribution < -0.4 is 10.2 Å². The summed E-state index contributed by atoms with van der Waals surface area (Å²) in [6.07, 6.45) is 3.86. The zero-order valence-corrected chi connectivity index (χ0v) is 14.2. The predicted molar refractivity (Wildman–Crippen MR) is 92.9 cm³/mol. The van der Waals surface area contributed by atoms with Gasteiger partial charge in [-0.1, -0.05) is 39.0 Å². The number of para-hydroxylation sites is 1. The highest BCUT2D eigenvalue weighted by atomic mass is 15.1. The molecule has 0 spiro atoms. The quantitative estimate of drug-likeness (QED) is 0.821. The number of anilines is 1. The standard InChI is InChI=1S/C19H32N2/c1-5-12-20-16(4)18-8-6-7-9-19(18)21-13-10-17(11-14-21)15(2)3/h6-9,15-17,20H,5,10-14H2,1-4H3. The number of rotatable bonds is 6. The minimum absolute atomic E-state index is 0.434. The lowest BCUT2D eigenvalue weighted by Crippen LogP contribution is -2.36. The van der Waals surface area contributed by atoms with E-state index < -0.39 is 0 Å². The van der Waals surface area contributed by atoms with Crippen LogP contribution in [0.3, 0.4) is 0 Å². The molecule has 0 saturated carbocycles. The smallest absolute Gasteiger partial charge is 0.0414 e. The highest BCUT2D eigenvalue weighted by molar-refractivity contribution is 5.55. The lowest BCUT2D eigenvalue weighted by Gasteiger charge is -2.37. The van der Waals surface area contributed by atoms with Gasteiger partial charge in [-0.3, -0.25) is 0 Å². The molecule has 1 atom stereocenters. The molecule has 0 bridgehead atoms. The number of nitrogens with zero attached hydrogens (tertiary/aromatic N) is 1. The second-order valence-electron chi connectivity index (χ2n) is 6.80. The summed E-state index contributed by atoms with van der Waals surface area (Å²) in [5.74, 6) is 1.73. The van der Waals surface area contributed by atoms with E-state index in [-0.39, 0.29) is 0 Å². The molecular weight excluding hydrogens is 256 g/mol. The fourth-order valence-corrected chi connectivity index (χ4v) is 3.42. The van der Waals surface area contributed by atoms with E-state index >= 15 is 0 Å². The molecule has 0 aromatic heterocycles. The Kier molecular flexibility index (Phi) is 6.10. The van der Waals surface area contributed by atoms with Gasteiger partial charge in [0.25, 0.3) is 0 Å². The van der Waals surface area contributed by atoms with Crippen molar-refractivity contribution in [3.8, 4) is 0 Å². The van der Waals surface area contributed by atoms with Gasteiger partial charge in [0.2, 0.25) is 0 Å². The number of benzene rings is 1. The summed E-state index contributed by atoms with van der Waals surface area (Å²) in [6, 6.07) is 9.37. The third-order valence-corrected chi connectivity index (χ3v) is 4.93. The average Bonchev–Trinajstić information content (AvgIpc) is 2.52. The number of piperidine rings is 1. The second-order valence-corrected chi connectivity index (χ2v) is 6.80. The molecule has 2 nitrogen and oxygen atoms in total. The van der Waals surface area contributed by atoms with Gasteiger partial charge < -0.3 is 10.2 Å². The van der Waals surface area contributed by atoms with Crippen LogP contribution in [0.4, 0.5) is 5.69 Å². The molecule has 1 saturated heterocycles. The molecule has 1 aromatic carbocycles. The Labute approximate surface area is 130 Å². The summed E-state index contributed by atoms with van der Waals surface area (Å²) in [5, 5.41) is 3.63. The minimum atomic E-state index is 0.434. The van der Waals surface area contributed by atoms with Gasteiger partial charge in [-0.05, 0) is 56.2 Å². The van der Waals surface area contributed by atoms with Gasteiger partial charge in [0, 0.05) is 24.8 Å². The zero-order chi connectivity index (χ0) is 15.2. The van der Waals surface area contributed by atoms with Crippen LogP contribution in [0.2, 0.25) is 0 Å². The summed E-state index contributed by atoms with van der Waals surface area (Å²) < 4.78 is 0. The van der Waals surface area contributed by atoms with Crippen molar-refractivity contribution in [2.45, 2.75) is 53.0 Å². The Morgan fingerprint density at radius 2 is 1.81 bits per heavy atom. The highest BCUT2D eigenvalue weighted by Crippen LogP contribution is 2.32. The first-order chi connectivity index (χ1) is 10.1. The Morgan fingerprint density at radius 1 is 1.14 bits per heavy atom. The molecule has 2 rings (SSSR count). The number of hydrogen-bond acceptors (Lipinski definition) is 2. The van der Waals surface area contributed by atoms with E-state index in [2.05, 4.69) is 62.2 Å². The lowest BCUT2D eigenvalue weighted by atomic mass is 9.86. The Bertz CT molecular complexity index is 419. The highest BCUT2D eigenvalue weighted by Gasteiger charge is 2.23. The molecule has 0 amide bonds. The van der Waals surface area contributed by atoms with E-state index in [1.54, 1.807) is 0 Å². The van der Waals surface area contributed by atoms with Gasteiger partial charge in [-0.2, -0.15) is 0 Å². The van der Waals surface area contributed by atoms with Crippen molar-refractivity contribution in [2.24, 2.45) is 11.8 Å². The third-order valence-electron chi connectivity index (χ3n) is 4.93. The largest absolute Gasteiger partial charge is 0.371 e. The van der Waals surface area contributed by atoms with E-state index in [4.69, 9.17) is 0 Å². The molecule has 1 fully saturated rings. The topological polar surface area (TPSA) is 15.3 Å².